The summed E-state index contributed by atoms with van der Waals surface area (Å²) in [7, 11) is 0. The predicted molar refractivity (Wildman–Crippen MR) is 62.4 cm³/mol. The van der Waals surface area contributed by atoms with E-state index in [0.29, 0.717) is 17.7 Å². The Bertz CT molecular complexity index is 345. The van der Waals surface area contributed by atoms with Crippen molar-refractivity contribution < 1.29 is 9.21 Å². The van der Waals surface area contributed by atoms with Crippen molar-refractivity contribution in [2.24, 2.45) is 11.8 Å². The zero-order valence-corrected chi connectivity index (χ0v) is 9.90. The lowest BCUT2D eigenvalue weighted by Crippen LogP contribution is -2.44. The topological polar surface area (TPSA) is 42.2 Å². The Kier molecular flexibility index (Phi) is 3.44. The van der Waals surface area contributed by atoms with E-state index in [0.717, 1.165) is 13.0 Å². The lowest BCUT2D eigenvalue weighted by atomic mass is 9.85. The van der Waals surface area contributed by atoms with Gasteiger partial charge >= 0.3 is 0 Å². The number of piperidine rings is 1. The van der Waals surface area contributed by atoms with Crippen molar-refractivity contribution in [2.75, 3.05) is 6.54 Å². The molecule has 88 valence electrons. The van der Waals surface area contributed by atoms with Gasteiger partial charge in [0.25, 0.3) is 0 Å². The summed E-state index contributed by atoms with van der Waals surface area (Å²) in [6.45, 7) is 5.25. The molecule has 0 spiro atoms. The summed E-state index contributed by atoms with van der Waals surface area (Å²) in [5, 5.41) is 3.43. The van der Waals surface area contributed by atoms with Gasteiger partial charge in [0.15, 0.2) is 5.76 Å². The highest BCUT2D eigenvalue weighted by Gasteiger charge is 2.29. The second-order valence-corrected chi connectivity index (χ2v) is 4.82. The van der Waals surface area contributed by atoms with Crippen molar-refractivity contribution in [3.8, 4) is 0 Å². The van der Waals surface area contributed by atoms with E-state index in [2.05, 4.69) is 12.2 Å². The molecule has 1 aliphatic rings. The summed E-state index contributed by atoms with van der Waals surface area (Å²) in [6.07, 6.45) is 3.84. The van der Waals surface area contributed by atoms with Gasteiger partial charge < -0.3 is 9.73 Å². The summed E-state index contributed by atoms with van der Waals surface area (Å²) < 4.78 is 5.16. The number of hydrogen-bond acceptors (Lipinski definition) is 3. The van der Waals surface area contributed by atoms with E-state index in [9.17, 15) is 4.79 Å². The molecule has 1 aromatic rings. The van der Waals surface area contributed by atoms with Gasteiger partial charge in [0, 0.05) is 12.0 Å². The van der Waals surface area contributed by atoms with Gasteiger partial charge in [-0.25, -0.2) is 0 Å². The summed E-state index contributed by atoms with van der Waals surface area (Å²) in [6, 6.07) is 3.79. The van der Waals surface area contributed by atoms with Crippen LogP contribution in [0.2, 0.25) is 0 Å². The number of hydrogen-bond donors (Lipinski definition) is 1. The van der Waals surface area contributed by atoms with Gasteiger partial charge in [0.2, 0.25) is 5.78 Å². The van der Waals surface area contributed by atoms with Crippen LogP contribution in [0, 0.1) is 11.8 Å². The molecule has 0 radical (unpaired) electrons. The van der Waals surface area contributed by atoms with Crippen LogP contribution in [0.15, 0.2) is 22.8 Å². The van der Waals surface area contributed by atoms with Crippen molar-refractivity contribution >= 4 is 5.78 Å². The van der Waals surface area contributed by atoms with E-state index in [1.807, 2.05) is 6.92 Å². The molecule has 1 fully saturated rings. The van der Waals surface area contributed by atoms with Crippen molar-refractivity contribution in [3.05, 3.63) is 24.2 Å². The Morgan fingerprint density at radius 2 is 2.44 bits per heavy atom. The van der Waals surface area contributed by atoms with E-state index in [1.165, 1.54) is 6.42 Å². The highest BCUT2D eigenvalue weighted by Crippen LogP contribution is 2.23. The fraction of sp³-hybridized carbons (Fsp3) is 0.615. The molecule has 2 rings (SSSR count). The van der Waals surface area contributed by atoms with Crippen LogP contribution in [0.1, 0.15) is 37.2 Å². The molecule has 0 saturated carbocycles. The van der Waals surface area contributed by atoms with Crippen molar-refractivity contribution in [1.29, 1.82) is 0 Å². The van der Waals surface area contributed by atoms with E-state index < -0.39 is 0 Å². The smallest absolute Gasteiger partial charge is 0.202 e. The average molecular weight is 221 g/mol. The van der Waals surface area contributed by atoms with Crippen molar-refractivity contribution in [2.45, 2.75) is 32.7 Å². The molecule has 3 heteroatoms. The Hall–Kier alpha value is -1.09. The van der Waals surface area contributed by atoms with Gasteiger partial charge in [-0.3, -0.25) is 4.79 Å². The molecular formula is C13H19NO2. The number of nitrogens with one attached hydrogen (secondary N) is 1. The van der Waals surface area contributed by atoms with Gasteiger partial charge in [-0.1, -0.05) is 13.8 Å². The lowest BCUT2D eigenvalue weighted by Gasteiger charge is -2.31. The van der Waals surface area contributed by atoms with Crippen LogP contribution in [-0.2, 0) is 0 Å². The van der Waals surface area contributed by atoms with Gasteiger partial charge in [0.1, 0.15) is 0 Å². The highest BCUT2D eigenvalue weighted by atomic mass is 16.3. The fourth-order valence-electron chi connectivity index (χ4n) is 2.36. The first-order valence-corrected chi connectivity index (χ1v) is 5.99. The average Bonchev–Trinajstić information content (AvgIpc) is 2.80. The van der Waals surface area contributed by atoms with Gasteiger partial charge in [-0.2, -0.15) is 0 Å². The number of Topliss-reactive ketones (excluding diaryl/α,β-unsaturated/α-hetero) is 1. The Balaban J connectivity index is 2.01. The van der Waals surface area contributed by atoms with E-state index in [1.54, 1.807) is 18.4 Å². The third-order valence-corrected chi connectivity index (χ3v) is 3.48. The molecule has 0 bridgehead atoms. The molecule has 1 saturated heterocycles. The zero-order valence-electron chi connectivity index (χ0n) is 9.90. The second-order valence-electron chi connectivity index (χ2n) is 4.82. The van der Waals surface area contributed by atoms with Crippen LogP contribution >= 0.6 is 0 Å². The summed E-state index contributed by atoms with van der Waals surface area (Å²) in [5.74, 6) is 1.29. The first-order valence-electron chi connectivity index (χ1n) is 5.99. The maximum Gasteiger partial charge on any atom is 0.202 e. The molecule has 1 aliphatic heterocycles. The second kappa shape index (κ2) is 4.83. The number of carbonyl (C=O) groups is 1. The number of rotatable bonds is 3. The quantitative estimate of drug-likeness (QED) is 0.797. The van der Waals surface area contributed by atoms with Crippen LogP contribution in [0.3, 0.4) is 0 Å². The summed E-state index contributed by atoms with van der Waals surface area (Å²) >= 11 is 0. The van der Waals surface area contributed by atoms with Gasteiger partial charge in [-0.05, 0) is 37.4 Å². The first kappa shape index (κ1) is 11.4. The van der Waals surface area contributed by atoms with E-state index in [4.69, 9.17) is 4.42 Å². The summed E-state index contributed by atoms with van der Waals surface area (Å²) in [4.78, 5) is 12.1. The molecular weight excluding hydrogens is 202 g/mol. The standard InChI is InChI=1S/C13H19NO2/c1-9-5-6-14-11(8-9)10(2)13(15)12-4-3-7-16-12/h3-4,7,9-11,14H,5-6,8H2,1-2H3. The van der Waals surface area contributed by atoms with Crippen LogP contribution in [0.25, 0.3) is 0 Å². The minimum Gasteiger partial charge on any atom is -0.461 e. The fourth-order valence-corrected chi connectivity index (χ4v) is 2.36. The molecule has 16 heavy (non-hydrogen) atoms. The maximum atomic E-state index is 12.1. The van der Waals surface area contributed by atoms with Crippen molar-refractivity contribution in [3.63, 3.8) is 0 Å². The van der Waals surface area contributed by atoms with E-state index >= 15 is 0 Å². The van der Waals surface area contributed by atoms with Gasteiger partial charge in [-0.15, -0.1) is 0 Å². The molecule has 3 atom stereocenters. The Labute approximate surface area is 96.2 Å². The number of ketones is 1. The van der Waals surface area contributed by atoms with Crippen molar-refractivity contribution in [1.82, 2.24) is 5.32 Å². The lowest BCUT2D eigenvalue weighted by molar-refractivity contribution is 0.0853. The Morgan fingerprint density at radius 1 is 1.62 bits per heavy atom. The molecule has 0 amide bonds. The molecule has 0 aromatic carbocycles. The molecule has 1 aromatic heterocycles. The predicted octanol–water partition coefficient (Wildman–Crippen LogP) is 2.49. The number of carbonyl (C=O) groups excluding carboxylic acids is 1. The SMILES string of the molecule is CC1CCNC(C(C)C(=O)c2ccco2)C1. The molecule has 1 N–H and O–H groups in total. The van der Waals surface area contributed by atoms with Crippen LogP contribution in [0.4, 0.5) is 0 Å². The monoisotopic (exact) mass is 221 g/mol. The third kappa shape index (κ3) is 2.35. The largest absolute Gasteiger partial charge is 0.461 e. The third-order valence-electron chi connectivity index (χ3n) is 3.48. The molecule has 3 unspecified atom stereocenters. The highest BCUT2D eigenvalue weighted by molar-refractivity contribution is 5.95. The minimum absolute atomic E-state index is 0.00565. The molecule has 3 nitrogen and oxygen atoms in total. The maximum absolute atomic E-state index is 12.1. The van der Waals surface area contributed by atoms with Crippen LogP contribution < -0.4 is 5.32 Å². The summed E-state index contributed by atoms with van der Waals surface area (Å²) in [5.41, 5.74) is 0. The zero-order chi connectivity index (χ0) is 11.5. The first-order chi connectivity index (χ1) is 7.68. The van der Waals surface area contributed by atoms with E-state index in [-0.39, 0.29) is 11.7 Å². The molecule has 0 aliphatic carbocycles. The van der Waals surface area contributed by atoms with Crippen LogP contribution in [-0.4, -0.2) is 18.4 Å². The normalized spacial score (nSPS) is 27.6. The van der Waals surface area contributed by atoms with Gasteiger partial charge in [0.05, 0.1) is 6.26 Å². The molecule has 2 heterocycles. The van der Waals surface area contributed by atoms with Crippen LogP contribution in [0.5, 0.6) is 0 Å². The Morgan fingerprint density at radius 3 is 3.06 bits per heavy atom. The minimum atomic E-state index is -0.00565. The number of furan rings is 1.